The zero-order valence-electron chi connectivity index (χ0n) is 9.31. The Morgan fingerprint density at radius 1 is 1.50 bits per heavy atom. The first-order valence-corrected chi connectivity index (χ1v) is 5.79. The van der Waals surface area contributed by atoms with Crippen molar-refractivity contribution in [3.8, 4) is 0 Å². The maximum atomic E-state index is 5.74. The number of fused-ring (bicyclic) bond motifs is 1. The third-order valence-corrected chi connectivity index (χ3v) is 3.22. The molecule has 4 nitrogen and oxygen atoms in total. The molecule has 1 aliphatic rings. The van der Waals surface area contributed by atoms with Gasteiger partial charge in [0.05, 0.1) is 6.04 Å². The van der Waals surface area contributed by atoms with Gasteiger partial charge >= 0.3 is 0 Å². The van der Waals surface area contributed by atoms with Gasteiger partial charge in [0, 0.05) is 6.20 Å². The van der Waals surface area contributed by atoms with Crippen molar-refractivity contribution >= 4 is 11.2 Å². The molecule has 1 N–H and O–H groups in total. The fourth-order valence-electron chi connectivity index (χ4n) is 2.30. The molecule has 2 unspecified atom stereocenters. The first-order valence-electron chi connectivity index (χ1n) is 5.79. The van der Waals surface area contributed by atoms with E-state index in [1.165, 1.54) is 12.8 Å². The van der Waals surface area contributed by atoms with Gasteiger partial charge in [-0.15, -0.1) is 0 Å². The highest BCUT2D eigenvalue weighted by Crippen LogP contribution is 2.29. The van der Waals surface area contributed by atoms with E-state index in [2.05, 4.69) is 22.2 Å². The molecular weight excluding hydrogens is 202 g/mol. The maximum Gasteiger partial charge on any atom is 0.214 e. The Morgan fingerprint density at radius 2 is 2.44 bits per heavy atom. The largest absolute Gasteiger partial charge is 0.437 e. The van der Waals surface area contributed by atoms with Crippen molar-refractivity contribution in [3.63, 3.8) is 0 Å². The summed E-state index contributed by atoms with van der Waals surface area (Å²) in [5.74, 6) is 1.35. The van der Waals surface area contributed by atoms with E-state index in [4.69, 9.17) is 4.42 Å². The lowest BCUT2D eigenvalue weighted by Gasteiger charge is -2.27. The molecular formula is C12H15N3O. The van der Waals surface area contributed by atoms with Gasteiger partial charge in [0.1, 0.15) is 0 Å². The topological polar surface area (TPSA) is 51.0 Å². The highest BCUT2D eigenvalue weighted by Gasteiger charge is 2.26. The standard InChI is InChI=1S/C12H15N3O/c1-8-4-2-6-13-10(8)12-15-11-9(16-12)5-3-7-14-11/h3,5,7-8,10,13H,2,4,6H2,1H3. The lowest BCUT2D eigenvalue weighted by molar-refractivity contribution is 0.264. The number of rotatable bonds is 1. The van der Waals surface area contributed by atoms with Crippen LogP contribution in [0.25, 0.3) is 11.2 Å². The van der Waals surface area contributed by atoms with Crippen LogP contribution >= 0.6 is 0 Å². The zero-order chi connectivity index (χ0) is 11.0. The Kier molecular flexibility index (Phi) is 2.36. The van der Waals surface area contributed by atoms with Gasteiger partial charge in [-0.05, 0) is 37.4 Å². The molecule has 2 atom stereocenters. The summed E-state index contributed by atoms with van der Waals surface area (Å²) in [6.45, 7) is 3.28. The molecule has 0 saturated carbocycles. The van der Waals surface area contributed by atoms with Crippen molar-refractivity contribution in [2.45, 2.75) is 25.8 Å². The minimum absolute atomic E-state index is 0.239. The van der Waals surface area contributed by atoms with E-state index >= 15 is 0 Å². The van der Waals surface area contributed by atoms with Gasteiger partial charge in [-0.25, -0.2) is 4.98 Å². The molecule has 2 aromatic rings. The van der Waals surface area contributed by atoms with E-state index in [1.807, 2.05) is 12.1 Å². The van der Waals surface area contributed by atoms with E-state index in [0.717, 1.165) is 18.0 Å². The van der Waals surface area contributed by atoms with Crippen molar-refractivity contribution in [1.29, 1.82) is 0 Å². The predicted molar refractivity (Wildman–Crippen MR) is 60.9 cm³/mol. The van der Waals surface area contributed by atoms with Crippen LogP contribution in [0.3, 0.4) is 0 Å². The second kappa shape index (κ2) is 3.87. The minimum Gasteiger partial charge on any atom is -0.437 e. The number of piperidine rings is 1. The van der Waals surface area contributed by atoms with E-state index in [1.54, 1.807) is 6.20 Å². The van der Waals surface area contributed by atoms with E-state index in [9.17, 15) is 0 Å². The first kappa shape index (κ1) is 9.78. The molecule has 16 heavy (non-hydrogen) atoms. The molecule has 3 heterocycles. The van der Waals surface area contributed by atoms with Gasteiger partial charge < -0.3 is 9.73 Å². The summed E-state index contributed by atoms with van der Waals surface area (Å²) in [4.78, 5) is 8.64. The van der Waals surface area contributed by atoms with Crippen molar-refractivity contribution in [2.24, 2.45) is 5.92 Å². The molecule has 2 aromatic heterocycles. The summed E-state index contributed by atoms with van der Waals surface area (Å²) >= 11 is 0. The number of nitrogens with one attached hydrogen (secondary N) is 1. The molecule has 3 rings (SSSR count). The van der Waals surface area contributed by atoms with Crippen molar-refractivity contribution in [3.05, 3.63) is 24.2 Å². The predicted octanol–water partition coefficient (Wildman–Crippen LogP) is 2.28. The van der Waals surface area contributed by atoms with E-state index in [0.29, 0.717) is 11.6 Å². The number of nitrogens with zero attached hydrogens (tertiary/aromatic N) is 2. The number of oxazole rings is 1. The van der Waals surface area contributed by atoms with Gasteiger partial charge in [0.2, 0.25) is 5.89 Å². The van der Waals surface area contributed by atoms with Crippen molar-refractivity contribution in [2.75, 3.05) is 6.54 Å². The van der Waals surface area contributed by atoms with Crippen LogP contribution in [0, 0.1) is 5.92 Å². The number of pyridine rings is 1. The van der Waals surface area contributed by atoms with Crippen molar-refractivity contribution in [1.82, 2.24) is 15.3 Å². The highest BCUT2D eigenvalue weighted by molar-refractivity contribution is 5.66. The first-order chi connectivity index (χ1) is 7.84. The molecule has 4 heteroatoms. The average molecular weight is 217 g/mol. The quantitative estimate of drug-likeness (QED) is 0.796. The number of hydrogen-bond donors (Lipinski definition) is 1. The second-order valence-corrected chi connectivity index (χ2v) is 4.43. The van der Waals surface area contributed by atoms with E-state index < -0.39 is 0 Å². The molecule has 1 aliphatic heterocycles. The van der Waals surface area contributed by atoms with Crippen LogP contribution in [0.2, 0.25) is 0 Å². The highest BCUT2D eigenvalue weighted by atomic mass is 16.3. The summed E-state index contributed by atoms with van der Waals surface area (Å²) in [6.07, 6.45) is 4.20. The lowest BCUT2D eigenvalue weighted by Crippen LogP contribution is -2.33. The van der Waals surface area contributed by atoms with Gasteiger partial charge in [-0.2, -0.15) is 4.98 Å². The Labute approximate surface area is 94.1 Å². The summed E-state index contributed by atoms with van der Waals surface area (Å²) < 4.78 is 5.74. The van der Waals surface area contributed by atoms with Gasteiger partial charge in [-0.1, -0.05) is 6.92 Å². The molecule has 0 spiro atoms. The maximum absolute atomic E-state index is 5.74. The molecule has 0 aliphatic carbocycles. The Balaban J connectivity index is 1.98. The molecule has 0 aromatic carbocycles. The van der Waals surface area contributed by atoms with Crippen LogP contribution < -0.4 is 5.32 Å². The smallest absolute Gasteiger partial charge is 0.214 e. The SMILES string of the molecule is CC1CCCNC1c1nc2ncccc2o1. The van der Waals surface area contributed by atoms with E-state index in [-0.39, 0.29) is 6.04 Å². The summed E-state index contributed by atoms with van der Waals surface area (Å²) in [5.41, 5.74) is 1.48. The second-order valence-electron chi connectivity index (χ2n) is 4.43. The minimum atomic E-state index is 0.239. The fourth-order valence-corrected chi connectivity index (χ4v) is 2.30. The van der Waals surface area contributed by atoms with Crippen LogP contribution in [-0.2, 0) is 0 Å². The third kappa shape index (κ3) is 1.59. The van der Waals surface area contributed by atoms with Crippen LogP contribution in [0.4, 0.5) is 0 Å². The molecule has 1 saturated heterocycles. The lowest BCUT2D eigenvalue weighted by atomic mass is 9.93. The average Bonchev–Trinajstić information content (AvgIpc) is 2.73. The normalized spacial score (nSPS) is 26.1. The fraction of sp³-hybridized carbons (Fsp3) is 0.500. The Morgan fingerprint density at radius 3 is 3.25 bits per heavy atom. The Hall–Kier alpha value is -1.42. The monoisotopic (exact) mass is 217 g/mol. The van der Waals surface area contributed by atoms with Crippen LogP contribution in [-0.4, -0.2) is 16.5 Å². The van der Waals surface area contributed by atoms with Gasteiger partial charge in [0.15, 0.2) is 11.2 Å². The number of hydrogen-bond acceptors (Lipinski definition) is 4. The van der Waals surface area contributed by atoms with Crippen LogP contribution in [0.15, 0.2) is 22.7 Å². The van der Waals surface area contributed by atoms with Gasteiger partial charge in [0.25, 0.3) is 0 Å². The molecule has 1 fully saturated rings. The van der Waals surface area contributed by atoms with Crippen LogP contribution in [0.5, 0.6) is 0 Å². The third-order valence-electron chi connectivity index (χ3n) is 3.22. The summed E-state index contributed by atoms with van der Waals surface area (Å²) in [5, 5.41) is 3.46. The van der Waals surface area contributed by atoms with Crippen molar-refractivity contribution < 1.29 is 4.42 Å². The van der Waals surface area contributed by atoms with Crippen LogP contribution in [0.1, 0.15) is 31.7 Å². The zero-order valence-corrected chi connectivity index (χ0v) is 9.31. The molecule has 0 bridgehead atoms. The summed E-state index contributed by atoms with van der Waals surface area (Å²) in [6, 6.07) is 4.02. The Bertz CT molecular complexity index is 461. The number of aromatic nitrogens is 2. The molecule has 0 radical (unpaired) electrons. The molecule has 0 amide bonds. The summed E-state index contributed by atoms with van der Waals surface area (Å²) in [7, 11) is 0. The molecule has 84 valence electrons. The van der Waals surface area contributed by atoms with Gasteiger partial charge in [-0.3, -0.25) is 0 Å².